The van der Waals surface area contributed by atoms with Gasteiger partial charge in [-0.15, -0.1) is 0 Å². The average Bonchev–Trinajstić information content (AvgIpc) is 0.846. The maximum Gasteiger partial charge on any atom is 0.407 e. The number of alkyl carbamates (subject to hydrolysis) is 4. The Labute approximate surface area is 656 Å². The molecule has 12 amide bonds. The maximum atomic E-state index is 15.1. The minimum atomic E-state index is -1.41. The fourth-order valence-corrected chi connectivity index (χ4v) is 12.1. The number of nitrogens with one attached hydrogen (secondary N) is 12. The molecule has 1 fully saturated rings. The van der Waals surface area contributed by atoms with Crippen LogP contribution in [0.1, 0.15) is 176 Å². The molecule has 0 aliphatic carbocycles. The van der Waals surface area contributed by atoms with Gasteiger partial charge >= 0.3 is 24.4 Å². The summed E-state index contributed by atoms with van der Waals surface area (Å²) >= 11 is 0. The van der Waals surface area contributed by atoms with Gasteiger partial charge in [-0.05, 0) is 203 Å². The zero-order valence-corrected chi connectivity index (χ0v) is 64.5. The smallest absolute Gasteiger partial charge is 0.407 e. The van der Waals surface area contributed by atoms with E-state index in [-0.39, 0.29) is 182 Å². The van der Waals surface area contributed by atoms with Crippen molar-refractivity contribution in [1.82, 2.24) is 63.8 Å². The lowest BCUT2D eigenvalue weighted by atomic mass is 10.0. The van der Waals surface area contributed by atoms with Crippen LogP contribution < -0.4 is 86.7 Å². The first kappa shape index (κ1) is 92.2. The Balaban J connectivity index is 1.55. The standard InChI is InChI=1S/C80H120N16O16/c81-45-21-13-37-61-69(97)93-65(41-17-25-49-85-77(105)109-53-57-29-5-1-6-30-57)73(101)89-62(38-14-22-46-82)70(98)94-67(43-19-27-51-87-79(107)111-55-59-33-9-3-10-34-59)75(103)91-64(40-16-24-48-84)72(100)96-68(44-20-28-52-88-80(108)112-56-60-35-11-4-12-36-60)76(104)92-63(39-15-23-47-83)71(99)95-66(74(102)90-61)42-18-26-50-86-78(106)110-54-58-31-7-2-8-32-58/h1-12,29-36,61-68H,13-28,37-56,81-84H2,(H,85,105)(H,86,106)(H,87,107)(H,88,108)(H,89,101)(H,90,102)(H,91,103)(H,92,104)(H,93,97)(H,94,98)(H,95,99)(H,96,100)/t61-,62-,63-,64-,65+,66+,67+,68+/m0/s1. The maximum absolute atomic E-state index is 15.1. The number of hydrogen-bond acceptors (Lipinski definition) is 20. The monoisotopic (exact) mass is 1560 g/mol. The van der Waals surface area contributed by atoms with Crippen molar-refractivity contribution >= 4 is 71.6 Å². The molecule has 0 spiro atoms. The number of nitrogens with two attached hydrogens (primary N) is 4. The molecule has 32 heteroatoms. The number of ether oxygens (including phenoxy) is 4. The number of carbonyl (C=O) groups is 12. The molecule has 4 aromatic carbocycles. The van der Waals surface area contributed by atoms with E-state index in [0.717, 1.165) is 22.3 Å². The predicted octanol–water partition coefficient (Wildman–Crippen LogP) is 4.78. The van der Waals surface area contributed by atoms with Crippen LogP contribution in [0.15, 0.2) is 121 Å². The van der Waals surface area contributed by atoms with Crippen LogP contribution in [0.25, 0.3) is 0 Å². The first-order chi connectivity index (χ1) is 54.4. The van der Waals surface area contributed by atoms with Crippen molar-refractivity contribution in [1.29, 1.82) is 0 Å². The van der Waals surface area contributed by atoms with Crippen molar-refractivity contribution in [3.05, 3.63) is 144 Å². The fourth-order valence-electron chi connectivity index (χ4n) is 12.1. The van der Waals surface area contributed by atoms with Crippen molar-refractivity contribution < 1.29 is 76.5 Å². The van der Waals surface area contributed by atoms with Gasteiger partial charge < -0.3 is 106 Å². The molecule has 1 saturated heterocycles. The van der Waals surface area contributed by atoms with Gasteiger partial charge in [0, 0.05) is 26.2 Å². The van der Waals surface area contributed by atoms with Crippen LogP contribution in [0, 0.1) is 0 Å². The minimum absolute atomic E-state index is 0.0110. The second-order valence-electron chi connectivity index (χ2n) is 27.6. The minimum Gasteiger partial charge on any atom is -0.445 e. The molecule has 1 aliphatic heterocycles. The Hall–Kier alpha value is -10.4. The zero-order chi connectivity index (χ0) is 80.8. The van der Waals surface area contributed by atoms with Gasteiger partial charge in [0.25, 0.3) is 0 Å². The summed E-state index contributed by atoms with van der Waals surface area (Å²) in [5.74, 6) is -6.54. The Bertz CT molecular complexity index is 3000. The lowest BCUT2D eigenvalue weighted by Crippen LogP contribution is -2.61. The van der Waals surface area contributed by atoms with Gasteiger partial charge in [-0.3, -0.25) is 38.4 Å². The van der Waals surface area contributed by atoms with E-state index in [1.165, 1.54) is 0 Å². The van der Waals surface area contributed by atoms with E-state index in [1.807, 2.05) is 72.8 Å². The molecular formula is C80H120N16O16. The molecule has 4 aromatic rings. The number of amides is 12. The van der Waals surface area contributed by atoms with Crippen LogP contribution in [0.5, 0.6) is 0 Å². The van der Waals surface area contributed by atoms with E-state index < -0.39 is 120 Å². The van der Waals surface area contributed by atoms with Gasteiger partial charge in [0.2, 0.25) is 47.3 Å². The predicted molar refractivity (Wildman–Crippen MR) is 421 cm³/mol. The molecule has 20 N–H and O–H groups in total. The highest BCUT2D eigenvalue weighted by Crippen LogP contribution is 2.16. The summed E-state index contributed by atoms with van der Waals surface area (Å²) in [6.45, 7) is 1.31. The molecule has 0 radical (unpaired) electrons. The van der Waals surface area contributed by atoms with Crippen LogP contribution in [0.2, 0.25) is 0 Å². The summed E-state index contributed by atoms with van der Waals surface area (Å²) in [7, 11) is 0. The quantitative estimate of drug-likeness (QED) is 0.0209. The van der Waals surface area contributed by atoms with Crippen LogP contribution in [0.3, 0.4) is 0 Å². The van der Waals surface area contributed by atoms with Crippen LogP contribution >= 0.6 is 0 Å². The molecule has 0 saturated carbocycles. The number of hydrogen-bond donors (Lipinski definition) is 16. The third-order valence-corrected chi connectivity index (χ3v) is 18.5. The van der Waals surface area contributed by atoms with E-state index in [2.05, 4.69) is 63.8 Å². The molecular weight excluding hydrogens is 1440 g/mol. The summed E-state index contributed by atoms with van der Waals surface area (Å²) in [4.78, 5) is 172. The third-order valence-electron chi connectivity index (χ3n) is 18.5. The summed E-state index contributed by atoms with van der Waals surface area (Å²) in [6, 6.07) is 25.1. The SMILES string of the molecule is NCCCC[C@@H]1NC(=O)[C@@H](CCCCNC(=O)OCc2ccccc2)NC(=O)[C@H](CCCCN)NC(=O)[C@@H](CCCCNC(=O)OCc2ccccc2)NC(=O)[C@H](CCCCN)NC(=O)[C@@H](CCCCNC(=O)OCc2ccccc2)NC(=O)[C@H](CCCCN)NC(=O)[C@@H](CCCCNC(=O)OCc2ccccc2)NC1=O. The molecule has 1 aliphatic rings. The van der Waals surface area contributed by atoms with Gasteiger partial charge in [-0.1, -0.05) is 121 Å². The number of rotatable bonds is 44. The molecule has 0 unspecified atom stereocenters. The lowest BCUT2D eigenvalue weighted by Gasteiger charge is -2.29. The van der Waals surface area contributed by atoms with Crippen molar-refractivity contribution in [2.75, 3.05) is 52.4 Å². The second kappa shape index (κ2) is 55.9. The topological polar surface area (TPSA) is 490 Å². The Kier molecular flexibility index (Phi) is 46.0. The normalized spacial score (nSPS) is 18.9. The van der Waals surface area contributed by atoms with Gasteiger partial charge in [-0.25, -0.2) is 19.2 Å². The summed E-state index contributed by atoms with van der Waals surface area (Å²) in [5, 5.41) is 33.5. The third kappa shape index (κ3) is 39.0. The molecule has 0 aromatic heterocycles. The molecule has 5 rings (SSSR count). The molecule has 112 heavy (non-hydrogen) atoms. The Morgan fingerprint density at radius 1 is 0.241 bits per heavy atom. The summed E-state index contributed by atoms with van der Waals surface area (Å²) < 4.78 is 21.6. The van der Waals surface area contributed by atoms with E-state index in [0.29, 0.717) is 51.4 Å². The zero-order valence-electron chi connectivity index (χ0n) is 64.5. The number of unbranched alkanes of at least 4 members (excludes halogenated alkanes) is 8. The first-order valence-electron chi connectivity index (χ1n) is 39.4. The van der Waals surface area contributed by atoms with Crippen molar-refractivity contribution in [3.8, 4) is 0 Å². The molecule has 0 bridgehead atoms. The van der Waals surface area contributed by atoms with Crippen LogP contribution in [-0.2, 0) is 83.7 Å². The molecule has 1 heterocycles. The number of carbonyl (C=O) groups excluding carboxylic acids is 12. The highest BCUT2D eigenvalue weighted by atomic mass is 16.6. The first-order valence-corrected chi connectivity index (χ1v) is 39.4. The molecule has 32 nitrogen and oxygen atoms in total. The van der Waals surface area contributed by atoms with Crippen LogP contribution in [0.4, 0.5) is 19.2 Å². The lowest BCUT2D eigenvalue weighted by molar-refractivity contribution is -0.137. The van der Waals surface area contributed by atoms with E-state index in [9.17, 15) is 19.2 Å². The average molecular weight is 1560 g/mol. The Morgan fingerprint density at radius 2 is 0.393 bits per heavy atom. The fraction of sp³-hybridized carbons (Fsp3) is 0.550. The molecule has 8 atom stereocenters. The summed E-state index contributed by atoms with van der Waals surface area (Å²) in [5.41, 5.74) is 26.9. The Morgan fingerprint density at radius 3 is 0.545 bits per heavy atom. The van der Waals surface area contributed by atoms with Crippen LogP contribution in [-0.4, -0.2) is 172 Å². The van der Waals surface area contributed by atoms with Gasteiger partial charge in [0.15, 0.2) is 0 Å². The van der Waals surface area contributed by atoms with Gasteiger partial charge in [-0.2, -0.15) is 0 Å². The van der Waals surface area contributed by atoms with E-state index >= 15 is 38.4 Å². The number of benzene rings is 4. The highest BCUT2D eigenvalue weighted by Gasteiger charge is 2.36. The largest absolute Gasteiger partial charge is 0.445 e. The van der Waals surface area contributed by atoms with Gasteiger partial charge in [0.1, 0.15) is 74.8 Å². The van der Waals surface area contributed by atoms with Crippen molar-refractivity contribution in [2.24, 2.45) is 22.9 Å². The van der Waals surface area contributed by atoms with E-state index in [4.69, 9.17) is 41.9 Å². The summed E-state index contributed by atoms with van der Waals surface area (Å²) in [6.07, 6.45) is 1.67. The highest BCUT2D eigenvalue weighted by molar-refractivity contribution is 5.99. The molecule has 616 valence electrons. The van der Waals surface area contributed by atoms with Gasteiger partial charge in [0.05, 0.1) is 0 Å². The second-order valence-corrected chi connectivity index (χ2v) is 27.6. The van der Waals surface area contributed by atoms with Crippen molar-refractivity contribution in [3.63, 3.8) is 0 Å². The van der Waals surface area contributed by atoms with Crippen molar-refractivity contribution in [2.45, 2.75) is 229 Å². The van der Waals surface area contributed by atoms with E-state index in [1.54, 1.807) is 48.5 Å².